The summed E-state index contributed by atoms with van der Waals surface area (Å²) in [5, 5.41) is 16.7. The van der Waals surface area contributed by atoms with Gasteiger partial charge in [0.25, 0.3) is 0 Å². The number of thiazole rings is 1. The fourth-order valence-corrected chi connectivity index (χ4v) is 4.65. The van der Waals surface area contributed by atoms with Gasteiger partial charge in [-0.1, -0.05) is 0 Å². The van der Waals surface area contributed by atoms with Crippen LogP contribution in [0.15, 0.2) is 42.2 Å². The van der Waals surface area contributed by atoms with Gasteiger partial charge in [0.05, 0.1) is 33.7 Å². The van der Waals surface area contributed by atoms with Crippen LogP contribution in [-0.2, 0) is 0 Å². The van der Waals surface area contributed by atoms with E-state index in [9.17, 15) is 5.11 Å². The highest BCUT2D eigenvalue weighted by molar-refractivity contribution is 7.16. The molecule has 0 spiro atoms. The molecule has 4 aromatic rings. The van der Waals surface area contributed by atoms with E-state index < -0.39 is 0 Å². The lowest BCUT2D eigenvalue weighted by molar-refractivity contribution is 0.145. The van der Waals surface area contributed by atoms with Gasteiger partial charge in [-0.25, -0.2) is 15.0 Å². The lowest BCUT2D eigenvalue weighted by Crippen LogP contribution is -2.36. The molecule has 9 heteroatoms. The van der Waals surface area contributed by atoms with E-state index in [2.05, 4.69) is 55.4 Å². The number of aliphatic hydroxyl groups is 1. The molecule has 1 saturated heterocycles. The van der Waals surface area contributed by atoms with Crippen LogP contribution in [0.5, 0.6) is 0 Å². The molecule has 0 amide bonds. The number of imidazole rings is 1. The number of nitrogens with zero attached hydrogens (tertiary/aromatic N) is 4. The molecule has 1 aliphatic heterocycles. The van der Waals surface area contributed by atoms with Crippen molar-refractivity contribution in [2.45, 2.75) is 38.8 Å². The second-order valence-corrected chi connectivity index (χ2v) is 9.30. The quantitative estimate of drug-likeness (QED) is 0.341. The summed E-state index contributed by atoms with van der Waals surface area (Å²) >= 11 is 1.62. The second kappa shape index (κ2) is 8.76. The zero-order chi connectivity index (χ0) is 22.1. The van der Waals surface area contributed by atoms with Crippen LogP contribution in [-0.4, -0.2) is 50.3 Å². The molecule has 0 unspecified atom stereocenters. The minimum absolute atomic E-state index is 0.205. The lowest BCUT2D eigenvalue weighted by atomic mass is 10.1. The van der Waals surface area contributed by atoms with Crippen LogP contribution < -0.4 is 15.5 Å². The van der Waals surface area contributed by atoms with Gasteiger partial charge in [0.1, 0.15) is 5.82 Å². The normalized spacial score (nSPS) is 14.9. The Hall–Kier alpha value is -3.17. The van der Waals surface area contributed by atoms with Crippen molar-refractivity contribution >= 4 is 44.7 Å². The molecule has 8 nitrogen and oxygen atoms in total. The first-order chi connectivity index (χ1) is 15.5. The molecule has 0 atom stereocenters. The summed E-state index contributed by atoms with van der Waals surface area (Å²) in [6.07, 6.45) is 5.06. The Balaban J connectivity index is 1.41. The first-order valence-electron chi connectivity index (χ1n) is 10.9. The Bertz CT molecular complexity index is 1210. The van der Waals surface area contributed by atoms with Crippen molar-refractivity contribution in [3.63, 3.8) is 0 Å². The molecule has 4 N–H and O–H groups in total. The third-order valence-corrected chi connectivity index (χ3v) is 6.36. The number of anilines is 4. The number of nitrogens with one attached hydrogen (secondary N) is 3. The van der Waals surface area contributed by atoms with Crippen molar-refractivity contribution in [1.82, 2.24) is 19.9 Å². The molecule has 0 bridgehead atoms. The number of hydrogen-bond acceptors (Lipinski definition) is 8. The van der Waals surface area contributed by atoms with Gasteiger partial charge in [-0.15, -0.1) is 11.3 Å². The van der Waals surface area contributed by atoms with E-state index in [0.717, 1.165) is 70.5 Å². The molecular formula is C23H27N7OS. The van der Waals surface area contributed by atoms with Gasteiger partial charge in [0, 0.05) is 48.3 Å². The summed E-state index contributed by atoms with van der Waals surface area (Å²) in [7, 11) is 0. The average molecular weight is 450 g/mol. The van der Waals surface area contributed by atoms with Crippen molar-refractivity contribution in [2.75, 3.05) is 28.6 Å². The lowest BCUT2D eigenvalue weighted by Gasteiger charge is -2.29. The highest BCUT2D eigenvalue weighted by atomic mass is 32.1. The van der Waals surface area contributed by atoms with E-state index in [0.29, 0.717) is 0 Å². The van der Waals surface area contributed by atoms with Gasteiger partial charge in [0.15, 0.2) is 0 Å². The molecule has 4 heterocycles. The molecular weight excluding hydrogens is 422 g/mol. The van der Waals surface area contributed by atoms with Crippen molar-refractivity contribution < 1.29 is 5.11 Å². The smallest absolute Gasteiger partial charge is 0.203 e. The summed E-state index contributed by atoms with van der Waals surface area (Å²) in [4.78, 5) is 19.2. The Morgan fingerprint density at radius 2 is 1.97 bits per heavy atom. The molecule has 0 aliphatic carbocycles. The zero-order valence-electron chi connectivity index (χ0n) is 18.2. The Morgan fingerprint density at radius 3 is 2.78 bits per heavy atom. The van der Waals surface area contributed by atoms with Crippen LogP contribution >= 0.6 is 11.3 Å². The largest absolute Gasteiger partial charge is 0.393 e. The molecule has 5 rings (SSSR count). The van der Waals surface area contributed by atoms with Crippen LogP contribution in [0.4, 0.5) is 23.1 Å². The molecule has 32 heavy (non-hydrogen) atoms. The molecule has 166 valence electrons. The fraction of sp³-hybridized carbons (Fsp3) is 0.348. The van der Waals surface area contributed by atoms with Gasteiger partial charge in [-0.2, -0.15) is 0 Å². The predicted octanol–water partition coefficient (Wildman–Crippen LogP) is 4.61. The number of pyridine rings is 1. The molecule has 3 aromatic heterocycles. The summed E-state index contributed by atoms with van der Waals surface area (Å²) in [6, 6.07) is 8.42. The van der Waals surface area contributed by atoms with E-state index in [-0.39, 0.29) is 12.1 Å². The maximum absolute atomic E-state index is 9.77. The van der Waals surface area contributed by atoms with Crippen LogP contribution in [0.1, 0.15) is 26.7 Å². The SMILES string of the molecule is CC(C)Nc1cc(Nc2ccc3ncsc3c2)ncc1-c1cnc(N2CCC(O)CC2)[nH]1. The van der Waals surface area contributed by atoms with Crippen molar-refractivity contribution in [3.8, 4) is 11.3 Å². The van der Waals surface area contributed by atoms with E-state index in [1.54, 1.807) is 11.3 Å². The monoisotopic (exact) mass is 449 g/mol. The highest BCUT2D eigenvalue weighted by Gasteiger charge is 2.20. The van der Waals surface area contributed by atoms with Gasteiger partial charge in [-0.05, 0) is 44.9 Å². The Labute approximate surface area is 190 Å². The van der Waals surface area contributed by atoms with Crippen molar-refractivity contribution in [1.29, 1.82) is 0 Å². The molecule has 0 radical (unpaired) electrons. The van der Waals surface area contributed by atoms with Crippen molar-refractivity contribution in [3.05, 3.63) is 42.2 Å². The van der Waals surface area contributed by atoms with Crippen molar-refractivity contribution in [2.24, 2.45) is 0 Å². The second-order valence-electron chi connectivity index (χ2n) is 8.41. The minimum atomic E-state index is -0.205. The topological polar surface area (TPSA) is 102 Å². The van der Waals surface area contributed by atoms with Gasteiger partial charge >= 0.3 is 0 Å². The van der Waals surface area contributed by atoms with Gasteiger partial charge in [0.2, 0.25) is 5.95 Å². The molecule has 1 aromatic carbocycles. The third kappa shape index (κ3) is 4.39. The van der Waals surface area contributed by atoms with Crippen LogP contribution in [0.2, 0.25) is 0 Å². The first kappa shape index (κ1) is 20.7. The maximum Gasteiger partial charge on any atom is 0.203 e. The van der Waals surface area contributed by atoms with E-state index in [4.69, 9.17) is 0 Å². The van der Waals surface area contributed by atoms with Crippen LogP contribution in [0.3, 0.4) is 0 Å². The predicted molar refractivity (Wildman–Crippen MR) is 131 cm³/mol. The number of aromatic amines is 1. The Kier molecular flexibility index (Phi) is 5.67. The number of hydrogen-bond donors (Lipinski definition) is 4. The first-order valence-corrected chi connectivity index (χ1v) is 11.8. The van der Waals surface area contributed by atoms with Crippen LogP contribution in [0.25, 0.3) is 21.5 Å². The summed E-state index contributed by atoms with van der Waals surface area (Å²) in [5.74, 6) is 1.60. The minimum Gasteiger partial charge on any atom is -0.393 e. The third-order valence-electron chi connectivity index (χ3n) is 5.57. The average Bonchev–Trinajstić information content (AvgIpc) is 3.43. The number of fused-ring (bicyclic) bond motifs is 1. The molecule has 0 saturated carbocycles. The Morgan fingerprint density at radius 1 is 1.12 bits per heavy atom. The number of aromatic nitrogens is 4. The molecule has 1 aliphatic rings. The number of H-pyrrole nitrogens is 1. The maximum atomic E-state index is 9.77. The number of rotatable bonds is 6. The summed E-state index contributed by atoms with van der Waals surface area (Å²) < 4.78 is 1.14. The van der Waals surface area contributed by atoms with Gasteiger partial charge < -0.3 is 25.6 Å². The summed E-state index contributed by atoms with van der Waals surface area (Å²) in [5.41, 5.74) is 6.72. The number of benzene rings is 1. The van der Waals surface area contributed by atoms with Gasteiger partial charge in [-0.3, -0.25) is 0 Å². The van der Waals surface area contributed by atoms with Crippen LogP contribution in [0, 0.1) is 0 Å². The van der Waals surface area contributed by atoms with E-state index in [1.165, 1.54) is 0 Å². The fourth-order valence-electron chi connectivity index (χ4n) is 3.94. The van der Waals surface area contributed by atoms with E-state index >= 15 is 0 Å². The number of piperidine rings is 1. The standard InChI is InChI=1S/C23H27N7OS/c1-14(2)27-19-10-22(28-15-3-4-18-21(9-15)32-13-26-18)24-11-17(19)20-12-25-23(29-20)30-7-5-16(31)6-8-30/h3-4,9-14,16,31H,5-8H2,1-2H3,(H,25,29)(H2,24,27,28). The summed E-state index contributed by atoms with van der Waals surface area (Å²) in [6.45, 7) is 5.84. The van der Waals surface area contributed by atoms with E-state index in [1.807, 2.05) is 36.1 Å². The number of aliphatic hydroxyl groups excluding tert-OH is 1. The molecule has 1 fully saturated rings. The highest BCUT2D eigenvalue weighted by Crippen LogP contribution is 2.32. The zero-order valence-corrected chi connectivity index (χ0v) is 19.0.